The molecule has 0 spiro atoms. The Morgan fingerprint density at radius 1 is 1.00 bits per heavy atom. The number of hydrogen-bond donors (Lipinski definition) is 3. The lowest BCUT2D eigenvalue weighted by molar-refractivity contribution is -0.121. The van der Waals surface area contributed by atoms with Crippen molar-refractivity contribution >= 4 is 17.5 Å². The molecule has 0 fully saturated rings. The highest BCUT2D eigenvalue weighted by atomic mass is 16.7. The fourth-order valence-corrected chi connectivity index (χ4v) is 2.77. The number of carbonyl (C=O) groups is 2. The minimum Gasteiger partial charge on any atom is -0.493 e. The van der Waals surface area contributed by atoms with Crippen LogP contribution in [0.25, 0.3) is 0 Å². The molecule has 0 radical (unpaired) electrons. The average molecular weight is 413 g/mol. The monoisotopic (exact) mass is 413 g/mol. The van der Waals surface area contributed by atoms with Crippen LogP contribution >= 0.6 is 0 Å². The molecule has 2 amide bonds. The molecule has 0 unspecified atom stereocenters. The molecule has 158 valence electrons. The van der Waals surface area contributed by atoms with Crippen LogP contribution in [0.3, 0.4) is 0 Å². The Kier molecular flexibility index (Phi) is 6.63. The second-order valence-corrected chi connectivity index (χ2v) is 6.42. The number of anilines is 1. The number of rotatable bonds is 8. The van der Waals surface area contributed by atoms with E-state index in [1.165, 1.54) is 13.2 Å². The normalized spacial score (nSPS) is 12.2. The van der Waals surface area contributed by atoms with Gasteiger partial charge in [0.15, 0.2) is 23.0 Å². The molecule has 0 aromatic heterocycles. The van der Waals surface area contributed by atoms with Crippen LogP contribution in [0.15, 0.2) is 48.2 Å². The third-order valence-corrected chi connectivity index (χ3v) is 4.20. The molecule has 0 saturated carbocycles. The minimum atomic E-state index is -0.354. The van der Waals surface area contributed by atoms with Crippen molar-refractivity contribution in [2.75, 3.05) is 26.3 Å². The molecule has 0 bridgehead atoms. The van der Waals surface area contributed by atoms with E-state index in [1.54, 1.807) is 50.4 Å². The van der Waals surface area contributed by atoms with Gasteiger partial charge in [0, 0.05) is 23.5 Å². The molecule has 9 heteroatoms. The van der Waals surface area contributed by atoms with E-state index in [2.05, 4.69) is 16.2 Å². The molecule has 9 nitrogen and oxygen atoms in total. The Morgan fingerprint density at radius 2 is 1.77 bits per heavy atom. The van der Waals surface area contributed by atoms with E-state index in [0.717, 1.165) is 5.56 Å². The average Bonchev–Trinajstić information content (AvgIpc) is 3.20. The molecular weight excluding hydrogens is 390 g/mol. The first-order chi connectivity index (χ1) is 14.5. The van der Waals surface area contributed by atoms with E-state index in [4.69, 9.17) is 18.9 Å². The van der Waals surface area contributed by atoms with E-state index in [9.17, 15) is 9.59 Å². The minimum absolute atomic E-state index is 0.129. The highest BCUT2D eigenvalue weighted by Gasteiger charge is 2.14. The summed E-state index contributed by atoms with van der Waals surface area (Å²) in [6.45, 7) is 1.83. The Bertz CT molecular complexity index is 973. The fourth-order valence-electron chi connectivity index (χ4n) is 2.77. The van der Waals surface area contributed by atoms with Gasteiger partial charge in [0.2, 0.25) is 18.6 Å². The van der Waals surface area contributed by atoms with Gasteiger partial charge in [-0.3, -0.25) is 15.0 Å². The first kappa shape index (κ1) is 20.8. The van der Waals surface area contributed by atoms with Crippen LogP contribution in [0.1, 0.15) is 12.5 Å². The van der Waals surface area contributed by atoms with Crippen molar-refractivity contribution in [2.45, 2.75) is 13.3 Å². The summed E-state index contributed by atoms with van der Waals surface area (Å²) in [5, 5.41) is 2.72. The predicted octanol–water partition coefficient (Wildman–Crippen LogP) is 2.14. The van der Waals surface area contributed by atoms with Gasteiger partial charge >= 0.3 is 0 Å². The van der Waals surface area contributed by atoms with Crippen molar-refractivity contribution in [2.24, 2.45) is 0 Å². The zero-order chi connectivity index (χ0) is 21.5. The van der Waals surface area contributed by atoms with Crippen LogP contribution in [0, 0.1) is 0 Å². The van der Waals surface area contributed by atoms with Crippen LogP contribution in [0.2, 0.25) is 0 Å². The molecule has 2 aromatic carbocycles. The number of ether oxygens (including phenoxy) is 4. The van der Waals surface area contributed by atoms with Crippen molar-refractivity contribution in [3.05, 3.63) is 53.7 Å². The molecule has 1 aliphatic heterocycles. The van der Waals surface area contributed by atoms with E-state index in [1.807, 2.05) is 0 Å². The number of methoxy groups -OCH3 is 2. The van der Waals surface area contributed by atoms with Crippen LogP contribution in [0.5, 0.6) is 23.0 Å². The van der Waals surface area contributed by atoms with Crippen LogP contribution < -0.4 is 35.1 Å². The summed E-state index contributed by atoms with van der Waals surface area (Å²) in [6.07, 6.45) is 1.46. The van der Waals surface area contributed by atoms with Crippen molar-refractivity contribution in [1.29, 1.82) is 0 Å². The van der Waals surface area contributed by atoms with Crippen molar-refractivity contribution in [3.8, 4) is 23.0 Å². The number of hydrogen-bond acceptors (Lipinski definition) is 7. The van der Waals surface area contributed by atoms with Gasteiger partial charge in [-0.15, -0.1) is 0 Å². The fraction of sp³-hybridized carbons (Fsp3) is 0.238. The second kappa shape index (κ2) is 9.55. The van der Waals surface area contributed by atoms with E-state index < -0.39 is 0 Å². The van der Waals surface area contributed by atoms with E-state index in [0.29, 0.717) is 34.4 Å². The molecule has 1 aliphatic rings. The van der Waals surface area contributed by atoms with Gasteiger partial charge in [-0.25, -0.2) is 0 Å². The summed E-state index contributed by atoms with van der Waals surface area (Å²) in [5.74, 6) is 1.73. The number of hydrazine groups is 1. The number of benzene rings is 2. The summed E-state index contributed by atoms with van der Waals surface area (Å²) in [5.41, 5.74) is 7.07. The Labute approximate surface area is 173 Å². The van der Waals surface area contributed by atoms with Gasteiger partial charge < -0.3 is 29.7 Å². The predicted molar refractivity (Wildman–Crippen MR) is 109 cm³/mol. The summed E-state index contributed by atoms with van der Waals surface area (Å²) in [4.78, 5) is 24.3. The number of nitrogens with one attached hydrogen (secondary N) is 3. The standard InChI is InChI=1S/C21H23N3O6/c1-13(8-20(25)22-15-5-7-17-19(11-15)30-12-29-17)23-24-21(26)10-14-4-6-16(27-2)18(9-14)28-3/h4-9,11,23H,10,12H2,1-3H3,(H,22,25)(H,24,26)/b13-8+. The van der Waals surface area contributed by atoms with Crippen LogP contribution in [-0.2, 0) is 16.0 Å². The van der Waals surface area contributed by atoms with E-state index >= 15 is 0 Å². The Balaban J connectivity index is 1.49. The largest absolute Gasteiger partial charge is 0.493 e. The summed E-state index contributed by atoms with van der Waals surface area (Å²) < 4.78 is 20.9. The van der Waals surface area contributed by atoms with Crippen LogP contribution in [0.4, 0.5) is 5.69 Å². The molecule has 30 heavy (non-hydrogen) atoms. The van der Waals surface area contributed by atoms with Gasteiger partial charge in [0.25, 0.3) is 0 Å². The molecular formula is C21H23N3O6. The maximum atomic E-state index is 12.2. The van der Waals surface area contributed by atoms with Gasteiger partial charge in [-0.05, 0) is 36.8 Å². The highest BCUT2D eigenvalue weighted by molar-refractivity contribution is 5.99. The Morgan fingerprint density at radius 3 is 2.53 bits per heavy atom. The van der Waals surface area contributed by atoms with Crippen LogP contribution in [-0.4, -0.2) is 32.8 Å². The summed E-state index contributed by atoms with van der Waals surface area (Å²) in [7, 11) is 3.08. The number of allylic oxidation sites excluding steroid dienone is 1. The molecule has 2 aromatic rings. The smallest absolute Gasteiger partial charge is 0.250 e. The first-order valence-corrected chi connectivity index (χ1v) is 9.13. The third kappa shape index (κ3) is 5.34. The molecule has 0 saturated heterocycles. The maximum Gasteiger partial charge on any atom is 0.250 e. The van der Waals surface area contributed by atoms with E-state index in [-0.39, 0.29) is 25.0 Å². The Hall–Kier alpha value is -3.88. The lowest BCUT2D eigenvalue weighted by Gasteiger charge is -2.11. The first-order valence-electron chi connectivity index (χ1n) is 9.13. The number of carbonyl (C=O) groups excluding carboxylic acids is 2. The quantitative estimate of drug-likeness (QED) is 0.450. The number of amides is 2. The summed E-state index contributed by atoms with van der Waals surface area (Å²) >= 11 is 0. The molecule has 0 atom stereocenters. The zero-order valence-corrected chi connectivity index (χ0v) is 16.9. The second-order valence-electron chi connectivity index (χ2n) is 6.42. The van der Waals surface area contributed by atoms with Gasteiger partial charge in [0.1, 0.15) is 0 Å². The molecule has 0 aliphatic carbocycles. The molecule has 3 rings (SSSR count). The van der Waals surface area contributed by atoms with Gasteiger partial charge in [0.05, 0.1) is 20.6 Å². The van der Waals surface area contributed by atoms with Gasteiger partial charge in [-0.1, -0.05) is 6.07 Å². The topological polar surface area (TPSA) is 107 Å². The maximum absolute atomic E-state index is 12.2. The third-order valence-electron chi connectivity index (χ3n) is 4.20. The molecule has 3 N–H and O–H groups in total. The zero-order valence-electron chi connectivity index (χ0n) is 16.9. The van der Waals surface area contributed by atoms with Crippen molar-refractivity contribution < 1.29 is 28.5 Å². The van der Waals surface area contributed by atoms with Gasteiger partial charge in [-0.2, -0.15) is 0 Å². The highest BCUT2D eigenvalue weighted by Crippen LogP contribution is 2.34. The lowest BCUT2D eigenvalue weighted by Crippen LogP contribution is -2.37. The molecule has 1 heterocycles. The summed E-state index contributed by atoms with van der Waals surface area (Å²) in [6, 6.07) is 10.4. The SMILES string of the molecule is COc1ccc(CC(=O)NN/C(C)=C/C(=O)Nc2ccc3c(c2)OCO3)cc1OC. The lowest BCUT2D eigenvalue weighted by atomic mass is 10.1. The van der Waals surface area contributed by atoms with Crippen molar-refractivity contribution in [1.82, 2.24) is 10.9 Å². The number of fused-ring (bicyclic) bond motifs is 1. The van der Waals surface area contributed by atoms with Crippen molar-refractivity contribution in [3.63, 3.8) is 0 Å².